The van der Waals surface area contributed by atoms with Crippen LogP contribution in [0.3, 0.4) is 0 Å². The standard InChI is InChI=1S/C14H10N2O3S.C9H7NO.Na.H2O/c17-10-11-9-13-14(7-4-8-15-13)16(11)20(18,19)12-5-2-1-3-6-12;11-6-7-4-8-2-1-3-10-9(8)5-7;;/h1-10H;1-3,5-6H,4H2;;1H2/q;;+1;/p-1. The van der Waals surface area contributed by atoms with Gasteiger partial charge in [0.25, 0.3) is 10.0 Å². The van der Waals surface area contributed by atoms with Crippen LogP contribution in [0.4, 0.5) is 0 Å². The van der Waals surface area contributed by atoms with Gasteiger partial charge in [0.15, 0.2) is 6.29 Å². The number of rotatable bonds is 4. The van der Waals surface area contributed by atoms with Gasteiger partial charge in [-0.15, -0.1) is 0 Å². The summed E-state index contributed by atoms with van der Waals surface area (Å²) in [6, 6.07) is 16.6. The molecule has 0 atom stereocenters. The summed E-state index contributed by atoms with van der Waals surface area (Å²) in [5, 5.41) is 0. The van der Waals surface area contributed by atoms with E-state index in [4.69, 9.17) is 0 Å². The van der Waals surface area contributed by atoms with Crippen LogP contribution in [0.5, 0.6) is 0 Å². The van der Waals surface area contributed by atoms with Crippen LogP contribution in [0.25, 0.3) is 17.1 Å². The van der Waals surface area contributed by atoms with Gasteiger partial charge in [-0.3, -0.25) is 19.6 Å². The normalized spacial score (nSPS) is 11.7. The van der Waals surface area contributed by atoms with Crippen molar-refractivity contribution in [3.8, 4) is 0 Å². The summed E-state index contributed by atoms with van der Waals surface area (Å²) in [5.41, 5.74) is 3.82. The van der Waals surface area contributed by atoms with E-state index in [-0.39, 0.29) is 45.6 Å². The van der Waals surface area contributed by atoms with Crippen molar-refractivity contribution in [3.63, 3.8) is 0 Å². The molecule has 1 aromatic carbocycles. The minimum atomic E-state index is -3.82. The van der Waals surface area contributed by atoms with Crippen LogP contribution in [0.1, 0.15) is 21.7 Å². The Hall–Kier alpha value is -2.95. The number of hydrogen-bond donors (Lipinski definition) is 0. The minimum Gasteiger partial charge on any atom is -0.870 e. The zero-order chi connectivity index (χ0) is 21.8. The molecule has 0 bridgehead atoms. The SMILES string of the molecule is O=CC1=Cc2ncccc2C1.O=Cc1cc2ncccc2n1S(=O)(=O)c1ccccc1.[Na+].[OH-]. The van der Waals surface area contributed by atoms with Crippen LogP contribution in [-0.2, 0) is 21.2 Å². The number of carbonyl (C=O) groups is 2. The monoisotopic (exact) mass is 471 g/mol. The zero-order valence-corrected chi connectivity index (χ0v) is 20.5. The van der Waals surface area contributed by atoms with E-state index < -0.39 is 10.0 Å². The molecule has 0 saturated heterocycles. The van der Waals surface area contributed by atoms with E-state index in [0.717, 1.165) is 33.5 Å². The molecule has 1 aliphatic carbocycles. The van der Waals surface area contributed by atoms with Gasteiger partial charge in [-0.05, 0) is 53.6 Å². The quantitative estimate of drug-likeness (QED) is 0.306. The van der Waals surface area contributed by atoms with Crippen LogP contribution in [0, 0.1) is 0 Å². The molecule has 1 N–H and O–H groups in total. The van der Waals surface area contributed by atoms with Gasteiger partial charge in [0, 0.05) is 18.8 Å². The number of benzene rings is 1. The van der Waals surface area contributed by atoms with Gasteiger partial charge < -0.3 is 5.48 Å². The molecule has 0 unspecified atom stereocenters. The molecule has 33 heavy (non-hydrogen) atoms. The third-order valence-corrected chi connectivity index (χ3v) is 6.51. The molecule has 0 amide bonds. The maximum absolute atomic E-state index is 12.7. The first-order valence-electron chi connectivity index (χ1n) is 9.36. The van der Waals surface area contributed by atoms with E-state index in [0.29, 0.717) is 17.3 Å². The maximum atomic E-state index is 12.7. The van der Waals surface area contributed by atoms with Gasteiger partial charge in [0.2, 0.25) is 0 Å². The van der Waals surface area contributed by atoms with Gasteiger partial charge in [-0.1, -0.05) is 24.3 Å². The van der Waals surface area contributed by atoms with Gasteiger partial charge in [0.05, 0.1) is 27.3 Å². The number of aromatic nitrogens is 3. The van der Waals surface area contributed by atoms with Crippen LogP contribution >= 0.6 is 0 Å². The van der Waals surface area contributed by atoms with Crippen molar-refractivity contribution in [1.82, 2.24) is 13.9 Å². The number of allylic oxidation sites excluding steroid dienone is 1. The van der Waals surface area contributed by atoms with Crippen molar-refractivity contribution in [3.05, 3.63) is 95.6 Å². The fourth-order valence-electron chi connectivity index (χ4n) is 3.33. The molecule has 0 aliphatic heterocycles. The first-order valence-corrected chi connectivity index (χ1v) is 10.8. The topological polar surface area (TPSA) is 129 Å². The Morgan fingerprint density at radius 2 is 1.58 bits per heavy atom. The predicted octanol–water partition coefficient (Wildman–Crippen LogP) is 0.133. The molecule has 0 spiro atoms. The van der Waals surface area contributed by atoms with Crippen molar-refractivity contribution in [2.24, 2.45) is 0 Å². The van der Waals surface area contributed by atoms with Gasteiger partial charge in [0.1, 0.15) is 6.29 Å². The Kier molecular flexibility index (Phi) is 8.98. The number of fused-ring (bicyclic) bond motifs is 2. The van der Waals surface area contributed by atoms with E-state index in [1.165, 1.54) is 18.2 Å². The van der Waals surface area contributed by atoms with Crippen LogP contribution < -0.4 is 29.6 Å². The van der Waals surface area contributed by atoms with Crippen molar-refractivity contribution in [1.29, 1.82) is 0 Å². The Morgan fingerprint density at radius 3 is 2.24 bits per heavy atom. The van der Waals surface area contributed by atoms with E-state index in [2.05, 4.69) is 9.97 Å². The van der Waals surface area contributed by atoms with Crippen LogP contribution in [-0.4, -0.2) is 40.4 Å². The van der Waals surface area contributed by atoms with E-state index >= 15 is 0 Å². The second-order valence-electron chi connectivity index (χ2n) is 6.74. The van der Waals surface area contributed by atoms with Gasteiger partial charge >= 0.3 is 29.6 Å². The van der Waals surface area contributed by atoms with Crippen molar-refractivity contribution in [2.45, 2.75) is 11.3 Å². The summed E-state index contributed by atoms with van der Waals surface area (Å²) in [6.07, 6.45) is 7.28. The fraction of sp³-hybridized carbons (Fsp3) is 0.0435. The average molecular weight is 471 g/mol. The molecule has 8 nitrogen and oxygen atoms in total. The molecule has 1 aliphatic rings. The second kappa shape index (κ2) is 11.3. The van der Waals surface area contributed by atoms with E-state index in [1.54, 1.807) is 42.7 Å². The summed E-state index contributed by atoms with van der Waals surface area (Å²) in [5.74, 6) is 0. The first kappa shape index (κ1) is 26.3. The Balaban J connectivity index is 0.000000254. The number of carbonyl (C=O) groups excluding carboxylic acids is 2. The number of aldehydes is 2. The zero-order valence-electron chi connectivity index (χ0n) is 17.7. The third kappa shape index (κ3) is 5.35. The number of hydrogen-bond acceptors (Lipinski definition) is 7. The van der Waals surface area contributed by atoms with Crippen LogP contribution in [0.15, 0.2) is 83.5 Å². The molecular formula is C23H18N3NaO5S. The van der Waals surface area contributed by atoms with Crippen LogP contribution in [0.2, 0.25) is 0 Å². The molecule has 4 aromatic rings. The number of pyridine rings is 2. The Labute approximate surface area is 212 Å². The summed E-state index contributed by atoms with van der Waals surface area (Å²) < 4.78 is 26.4. The second-order valence-corrected chi connectivity index (χ2v) is 8.53. The van der Waals surface area contributed by atoms with Crippen molar-refractivity contribution >= 4 is 39.7 Å². The summed E-state index contributed by atoms with van der Waals surface area (Å²) in [6.45, 7) is 0. The Bertz CT molecular complexity index is 1420. The fourth-order valence-corrected chi connectivity index (χ4v) is 4.83. The molecule has 0 radical (unpaired) electrons. The van der Waals surface area contributed by atoms with Gasteiger partial charge in [-0.25, -0.2) is 12.4 Å². The largest absolute Gasteiger partial charge is 1.00 e. The van der Waals surface area contributed by atoms with Gasteiger partial charge in [-0.2, -0.15) is 0 Å². The molecular weight excluding hydrogens is 453 g/mol. The third-order valence-electron chi connectivity index (χ3n) is 4.75. The smallest absolute Gasteiger partial charge is 0.870 e. The molecule has 0 saturated carbocycles. The average Bonchev–Trinajstić information content (AvgIpc) is 3.41. The summed E-state index contributed by atoms with van der Waals surface area (Å²) in [4.78, 5) is 29.9. The maximum Gasteiger partial charge on any atom is 1.00 e. The van der Waals surface area contributed by atoms with E-state index in [1.807, 2.05) is 18.2 Å². The molecule has 10 heteroatoms. The minimum absolute atomic E-state index is 0. The molecule has 5 rings (SSSR count). The van der Waals surface area contributed by atoms with Crippen molar-refractivity contribution in [2.75, 3.05) is 0 Å². The Morgan fingerprint density at radius 1 is 0.879 bits per heavy atom. The molecule has 0 fully saturated rings. The summed E-state index contributed by atoms with van der Waals surface area (Å²) in [7, 11) is -3.82. The van der Waals surface area contributed by atoms with E-state index in [9.17, 15) is 18.0 Å². The van der Waals surface area contributed by atoms with Crippen molar-refractivity contribution < 1.29 is 53.0 Å². The molecule has 3 aromatic heterocycles. The summed E-state index contributed by atoms with van der Waals surface area (Å²) >= 11 is 0. The first-order chi connectivity index (χ1) is 15.0. The predicted molar refractivity (Wildman–Crippen MR) is 118 cm³/mol. The number of nitrogens with zero attached hydrogens (tertiary/aromatic N) is 3. The molecule has 162 valence electrons. The molecule has 3 heterocycles.